The third-order valence-electron chi connectivity index (χ3n) is 2.71. The summed E-state index contributed by atoms with van der Waals surface area (Å²) in [6.45, 7) is 3.19. The first-order valence-corrected chi connectivity index (χ1v) is 6.57. The zero-order valence-corrected chi connectivity index (χ0v) is 11.6. The van der Waals surface area contributed by atoms with Crippen molar-refractivity contribution in [3.63, 3.8) is 0 Å². The van der Waals surface area contributed by atoms with Gasteiger partial charge in [-0.25, -0.2) is 0 Å². The van der Waals surface area contributed by atoms with Crippen LogP contribution in [-0.2, 0) is 4.74 Å². The summed E-state index contributed by atoms with van der Waals surface area (Å²) < 4.78 is 76.8. The lowest BCUT2D eigenvalue weighted by molar-refractivity contribution is -0.321. The molecule has 0 aliphatic rings. The molecule has 0 saturated heterocycles. The summed E-state index contributed by atoms with van der Waals surface area (Å²) in [5.41, 5.74) is 0. The maximum absolute atomic E-state index is 12.1. The van der Waals surface area contributed by atoms with Gasteiger partial charge in [-0.2, -0.15) is 26.3 Å². The van der Waals surface area contributed by atoms with E-state index in [0.29, 0.717) is 0 Å². The second-order valence-electron chi connectivity index (χ2n) is 4.69. The van der Waals surface area contributed by atoms with E-state index in [9.17, 15) is 26.3 Å². The lowest BCUT2D eigenvalue weighted by Gasteiger charge is -2.23. The van der Waals surface area contributed by atoms with Crippen molar-refractivity contribution in [2.24, 2.45) is 0 Å². The molecule has 0 spiro atoms. The molecule has 122 valence electrons. The van der Waals surface area contributed by atoms with Crippen LogP contribution in [0.25, 0.3) is 0 Å². The summed E-state index contributed by atoms with van der Waals surface area (Å²) in [5, 5.41) is 2.84. The molecule has 0 amide bonds. The minimum Gasteiger partial charge on any atom is -0.360 e. The van der Waals surface area contributed by atoms with E-state index in [1.807, 2.05) is 13.8 Å². The molecule has 0 fully saturated rings. The van der Waals surface area contributed by atoms with Gasteiger partial charge in [-0.1, -0.05) is 26.2 Å². The lowest BCUT2D eigenvalue weighted by atomic mass is 10.1. The van der Waals surface area contributed by atoms with Crippen LogP contribution in [0.4, 0.5) is 26.3 Å². The van der Waals surface area contributed by atoms with Crippen molar-refractivity contribution in [3.05, 3.63) is 0 Å². The molecule has 1 unspecified atom stereocenters. The normalized spacial score (nSPS) is 14.8. The maximum atomic E-state index is 12.1. The average molecular weight is 309 g/mol. The average Bonchev–Trinajstić information content (AvgIpc) is 2.25. The molecule has 0 rings (SSSR count). The first-order valence-electron chi connectivity index (χ1n) is 6.57. The number of nitrogens with one attached hydrogen (secondary N) is 1. The highest BCUT2D eigenvalue weighted by atomic mass is 19.4. The molecular weight excluding hydrogens is 288 g/mol. The Bertz CT molecular complexity index is 239. The second-order valence-corrected chi connectivity index (χ2v) is 4.69. The Morgan fingerprint density at radius 3 is 2.00 bits per heavy atom. The van der Waals surface area contributed by atoms with E-state index in [1.54, 1.807) is 0 Å². The summed E-state index contributed by atoms with van der Waals surface area (Å²) in [7, 11) is 0. The zero-order valence-electron chi connectivity index (χ0n) is 11.6. The van der Waals surface area contributed by atoms with Crippen LogP contribution in [0.3, 0.4) is 0 Å². The molecule has 0 aromatic heterocycles. The summed E-state index contributed by atoms with van der Waals surface area (Å²) in [6, 6.07) is 0.0420. The maximum Gasteiger partial charge on any atom is 0.423 e. The smallest absolute Gasteiger partial charge is 0.360 e. The standard InChI is InChI=1S/C12H21F6NO/c1-3-4-5-6-9(2)19-7-8-20-10(11(13,14)15)12(16,17)18/h9-10,19H,3-8H2,1-2H3. The number of hydrogen-bond acceptors (Lipinski definition) is 2. The topological polar surface area (TPSA) is 21.3 Å². The van der Waals surface area contributed by atoms with E-state index in [4.69, 9.17) is 0 Å². The van der Waals surface area contributed by atoms with Gasteiger partial charge in [0.15, 0.2) is 0 Å². The number of alkyl halides is 6. The molecule has 0 aromatic rings. The van der Waals surface area contributed by atoms with E-state index < -0.39 is 25.1 Å². The van der Waals surface area contributed by atoms with Crippen LogP contribution >= 0.6 is 0 Å². The molecule has 8 heteroatoms. The Labute approximate surface area is 114 Å². The molecule has 0 aromatic carbocycles. The van der Waals surface area contributed by atoms with Crippen molar-refractivity contribution >= 4 is 0 Å². The van der Waals surface area contributed by atoms with Crippen LogP contribution in [0.1, 0.15) is 39.5 Å². The highest BCUT2D eigenvalue weighted by Crippen LogP contribution is 2.35. The van der Waals surface area contributed by atoms with Crippen LogP contribution in [0.5, 0.6) is 0 Å². The van der Waals surface area contributed by atoms with Crippen molar-refractivity contribution in [3.8, 4) is 0 Å². The fourth-order valence-corrected chi connectivity index (χ4v) is 1.66. The monoisotopic (exact) mass is 309 g/mol. The third-order valence-corrected chi connectivity index (χ3v) is 2.71. The van der Waals surface area contributed by atoms with Gasteiger partial charge in [0.2, 0.25) is 6.10 Å². The lowest BCUT2D eigenvalue weighted by Crippen LogP contribution is -2.45. The number of unbranched alkanes of at least 4 members (excludes halogenated alkanes) is 2. The predicted octanol–water partition coefficient (Wildman–Crippen LogP) is 4.05. The Morgan fingerprint density at radius 1 is 1.00 bits per heavy atom. The molecular formula is C12H21F6NO. The van der Waals surface area contributed by atoms with Gasteiger partial charge in [-0.05, 0) is 13.3 Å². The summed E-state index contributed by atoms with van der Waals surface area (Å²) in [5.74, 6) is 0. The number of halogens is 6. The number of hydrogen-bond donors (Lipinski definition) is 1. The van der Waals surface area contributed by atoms with Gasteiger partial charge in [0.05, 0.1) is 6.61 Å². The summed E-state index contributed by atoms with van der Waals surface area (Å²) in [6.07, 6.45) is -10.7. The van der Waals surface area contributed by atoms with Crippen molar-refractivity contribution in [2.75, 3.05) is 13.2 Å². The number of ether oxygens (including phenoxy) is 1. The first-order chi connectivity index (χ1) is 9.09. The molecule has 1 N–H and O–H groups in total. The Kier molecular flexibility index (Phi) is 8.50. The van der Waals surface area contributed by atoms with Crippen LogP contribution < -0.4 is 5.32 Å². The van der Waals surface area contributed by atoms with Crippen LogP contribution in [-0.4, -0.2) is 37.7 Å². The molecule has 20 heavy (non-hydrogen) atoms. The minimum atomic E-state index is -5.44. The van der Waals surface area contributed by atoms with Crippen molar-refractivity contribution < 1.29 is 31.1 Å². The van der Waals surface area contributed by atoms with Gasteiger partial charge in [0, 0.05) is 12.6 Å². The molecule has 0 aliphatic heterocycles. The molecule has 0 bridgehead atoms. The quantitative estimate of drug-likeness (QED) is 0.512. The third kappa shape index (κ3) is 8.63. The molecule has 0 aliphatic carbocycles. The SMILES string of the molecule is CCCCCC(C)NCCOC(C(F)(F)F)C(F)(F)F. The predicted molar refractivity (Wildman–Crippen MR) is 63.5 cm³/mol. The van der Waals surface area contributed by atoms with E-state index in [0.717, 1.165) is 25.7 Å². The first kappa shape index (κ1) is 19.5. The van der Waals surface area contributed by atoms with E-state index in [1.165, 1.54) is 0 Å². The Hall–Kier alpha value is -0.500. The van der Waals surface area contributed by atoms with Gasteiger partial charge in [-0.3, -0.25) is 0 Å². The van der Waals surface area contributed by atoms with Gasteiger partial charge in [-0.15, -0.1) is 0 Å². The molecule has 2 nitrogen and oxygen atoms in total. The molecule has 0 radical (unpaired) electrons. The van der Waals surface area contributed by atoms with Crippen molar-refractivity contribution in [2.45, 2.75) is 64.0 Å². The van der Waals surface area contributed by atoms with Crippen LogP contribution in [0.2, 0.25) is 0 Å². The Morgan fingerprint density at radius 2 is 1.55 bits per heavy atom. The van der Waals surface area contributed by atoms with Gasteiger partial charge >= 0.3 is 12.4 Å². The van der Waals surface area contributed by atoms with E-state index in [2.05, 4.69) is 10.1 Å². The summed E-state index contributed by atoms with van der Waals surface area (Å²) >= 11 is 0. The highest BCUT2D eigenvalue weighted by Gasteiger charge is 2.57. The Balaban J connectivity index is 3.96. The molecule has 0 saturated carbocycles. The fraction of sp³-hybridized carbons (Fsp3) is 1.00. The second kappa shape index (κ2) is 8.71. The fourth-order valence-electron chi connectivity index (χ4n) is 1.66. The van der Waals surface area contributed by atoms with Gasteiger partial charge in [0.25, 0.3) is 0 Å². The van der Waals surface area contributed by atoms with E-state index >= 15 is 0 Å². The molecule has 0 heterocycles. The van der Waals surface area contributed by atoms with Crippen LogP contribution in [0.15, 0.2) is 0 Å². The largest absolute Gasteiger partial charge is 0.423 e. The highest BCUT2D eigenvalue weighted by molar-refractivity contribution is 4.76. The van der Waals surface area contributed by atoms with Gasteiger partial charge < -0.3 is 10.1 Å². The van der Waals surface area contributed by atoms with Crippen molar-refractivity contribution in [1.82, 2.24) is 5.32 Å². The van der Waals surface area contributed by atoms with Crippen LogP contribution in [0, 0.1) is 0 Å². The van der Waals surface area contributed by atoms with E-state index in [-0.39, 0.29) is 12.6 Å². The zero-order chi connectivity index (χ0) is 15.8. The minimum absolute atomic E-state index is 0.0420. The molecule has 1 atom stereocenters. The summed E-state index contributed by atoms with van der Waals surface area (Å²) in [4.78, 5) is 0. The van der Waals surface area contributed by atoms with Crippen molar-refractivity contribution in [1.29, 1.82) is 0 Å². The van der Waals surface area contributed by atoms with Gasteiger partial charge in [0.1, 0.15) is 0 Å². The number of rotatable bonds is 9.